The number of ether oxygens (including phenoxy) is 2. The normalized spacial score (nSPS) is 10.3. The highest BCUT2D eigenvalue weighted by Crippen LogP contribution is 2.28. The van der Waals surface area contributed by atoms with E-state index in [0.717, 1.165) is 17.1 Å². The summed E-state index contributed by atoms with van der Waals surface area (Å²) in [5, 5.41) is 6.88. The van der Waals surface area contributed by atoms with E-state index in [0.29, 0.717) is 29.1 Å². The molecule has 0 saturated carbocycles. The van der Waals surface area contributed by atoms with Gasteiger partial charge in [0, 0.05) is 17.6 Å². The zero-order valence-corrected chi connectivity index (χ0v) is 15.2. The van der Waals surface area contributed by atoms with Gasteiger partial charge in [0.05, 0.1) is 18.7 Å². The molecular weight excluding hydrogens is 352 g/mol. The van der Waals surface area contributed by atoms with Crippen LogP contribution in [0.4, 0.5) is 23.1 Å². The van der Waals surface area contributed by atoms with E-state index in [1.54, 1.807) is 31.5 Å². The van der Waals surface area contributed by atoms with Crippen molar-refractivity contribution < 1.29 is 9.47 Å². The molecule has 7 heteroatoms. The molecule has 0 fully saturated rings. The van der Waals surface area contributed by atoms with Crippen LogP contribution < -0.4 is 20.1 Å². The first-order valence-electron chi connectivity index (χ1n) is 8.11. The maximum Gasteiger partial charge on any atom is 0.229 e. The monoisotopic (exact) mass is 370 g/mol. The van der Waals surface area contributed by atoms with Crippen LogP contribution in [0.15, 0.2) is 54.7 Å². The van der Waals surface area contributed by atoms with Gasteiger partial charge >= 0.3 is 0 Å². The van der Waals surface area contributed by atoms with E-state index in [4.69, 9.17) is 21.1 Å². The molecule has 0 saturated heterocycles. The molecule has 0 aliphatic rings. The zero-order valence-electron chi connectivity index (χ0n) is 14.5. The van der Waals surface area contributed by atoms with Crippen molar-refractivity contribution in [3.05, 3.63) is 59.8 Å². The molecule has 2 N–H and O–H groups in total. The second-order valence-electron chi connectivity index (χ2n) is 5.32. The highest BCUT2D eigenvalue weighted by atomic mass is 35.5. The van der Waals surface area contributed by atoms with E-state index < -0.39 is 0 Å². The Morgan fingerprint density at radius 1 is 1.00 bits per heavy atom. The zero-order chi connectivity index (χ0) is 18.4. The lowest BCUT2D eigenvalue weighted by atomic mass is 10.3. The molecule has 0 spiro atoms. The molecule has 6 nitrogen and oxygen atoms in total. The van der Waals surface area contributed by atoms with E-state index in [-0.39, 0.29) is 0 Å². The predicted molar refractivity (Wildman–Crippen MR) is 104 cm³/mol. The van der Waals surface area contributed by atoms with Crippen LogP contribution in [0.1, 0.15) is 6.92 Å². The highest BCUT2D eigenvalue weighted by molar-refractivity contribution is 6.32. The van der Waals surface area contributed by atoms with Gasteiger partial charge in [0.15, 0.2) is 0 Å². The summed E-state index contributed by atoms with van der Waals surface area (Å²) < 4.78 is 10.6. The number of halogens is 1. The first-order chi connectivity index (χ1) is 12.7. The average Bonchev–Trinajstić information content (AvgIpc) is 2.64. The summed E-state index contributed by atoms with van der Waals surface area (Å²) in [7, 11) is 1.58. The maximum atomic E-state index is 6.14. The Bertz CT molecular complexity index is 872. The maximum absolute atomic E-state index is 6.14. The number of methoxy groups -OCH3 is 1. The first-order valence-corrected chi connectivity index (χ1v) is 8.49. The molecule has 1 aromatic heterocycles. The molecule has 0 radical (unpaired) electrons. The van der Waals surface area contributed by atoms with Crippen LogP contribution in [0.25, 0.3) is 0 Å². The molecule has 0 aliphatic carbocycles. The van der Waals surface area contributed by atoms with E-state index in [1.165, 1.54) is 0 Å². The quantitative estimate of drug-likeness (QED) is 0.608. The Labute approximate surface area is 157 Å². The summed E-state index contributed by atoms with van der Waals surface area (Å²) in [5.41, 5.74) is 1.68. The third kappa shape index (κ3) is 4.55. The molecule has 1 heterocycles. The number of rotatable bonds is 7. The van der Waals surface area contributed by atoms with Gasteiger partial charge in [0.1, 0.15) is 17.3 Å². The number of anilines is 4. The Morgan fingerprint density at radius 2 is 1.77 bits per heavy atom. The lowest BCUT2D eigenvalue weighted by Crippen LogP contribution is -2.00. The number of nitrogens with one attached hydrogen (secondary N) is 2. The van der Waals surface area contributed by atoms with E-state index in [1.807, 2.05) is 37.3 Å². The molecule has 26 heavy (non-hydrogen) atoms. The Kier molecular flexibility index (Phi) is 5.76. The predicted octanol–water partition coefficient (Wildman–Crippen LogP) is 5.02. The standard InChI is InChI=1S/C19H19ClN4O2/c1-3-26-15-7-4-13(5-8-15)22-18-10-11-21-19(24-18)23-14-6-9-17(25-2)16(20)12-14/h4-12H,3H2,1-2H3,(H2,21,22,23,24). The fraction of sp³-hybridized carbons (Fsp3) is 0.158. The Morgan fingerprint density at radius 3 is 2.46 bits per heavy atom. The largest absolute Gasteiger partial charge is 0.495 e. The summed E-state index contributed by atoms with van der Waals surface area (Å²) in [6.07, 6.45) is 1.68. The van der Waals surface area contributed by atoms with Gasteiger partial charge in [-0.2, -0.15) is 4.98 Å². The van der Waals surface area contributed by atoms with Gasteiger partial charge in [0.25, 0.3) is 0 Å². The van der Waals surface area contributed by atoms with Gasteiger partial charge in [-0.05, 0) is 55.5 Å². The molecule has 2 aromatic carbocycles. The number of hydrogen-bond donors (Lipinski definition) is 2. The molecular formula is C19H19ClN4O2. The molecule has 3 aromatic rings. The summed E-state index contributed by atoms with van der Waals surface area (Å²) >= 11 is 6.14. The van der Waals surface area contributed by atoms with Crippen molar-refractivity contribution in [2.24, 2.45) is 0 Å². The van der Waals surface area contributed by atoms with Crippen LogP contribution in [0.2, 0.25) is 5.02 Å². The summed E-state index contributed by atoms with van der Waals surface area (Å²) in [4.78, 5) is 8.69. The first kappa shape index (κ1) is 17.8. The number of nitrogens with zero attached hydrogens (tertiary/aromatic N) is 2. The van der Waals surface area contributed by atoms with Crippen LogP contribution in [0.5, 0.6) is 11.5 Å². The second-order valence-corrected chi connectivity index (χ2v) is 5.73. The molecule has 3 rings (SSSR count). The summed E-state index contributed by atoms with van der Waals surface area (Å²) in [6, 6.07) is 14.9. The number of hydrogen-bond acceptors (Lipinski definition) is 6. The fourth-order valence-electron chi connectivity index (χ4n) is 2.31. The van der Waals surface area contributed by atoms with Gasteiger partial charge in [-0.1, -0.05) is 11.6 Å². The lowest BCUT2D eigenvalue weighted by molar-refractivity contribution is 0.340. The summed E-state index contributed by atoms with van der Waals surface area (Å²) in [5.74, 6) is 2.58. The highest BCUT2D eigenvalue weighted by Gasteiger charge is 2.05. The topological polar surface area (TPSA) is 68.3 Å². The SMILES string of the molecule is CCOc1ccc(Nc2ccnc(Nc3ccc(OC)c(Cl)c3)n2)cc1. The number of aromatic nitrogens is 2. The molecule has 0 atom stereocenters. The fourth-order valence-corrected chi connectivity index (χ4v) is 2.57. The van der Waals surface area contributed by atoms with E-state index in [9.17, 15) is 0 Å². The molecule has 0 unspecified atom stereocenters. The average molecular weight is 371 g/mol. The van der Waals surface area contributed by atoms with Crippen molar-refractivity contribution in [3.63, 3.8) is 0 Å². The van der Waals surface area contributed by atoms with Crippen molar-refractivity contribution >= 4 is 34.7 Å². The minimum Gasteiger partial charge on any atom is -0.495 e. The molecule has 0 bridgehead atoms. The van der Waals surface area contributed by atoms with Crippen LogP contribution in [0, 0.1) is 0 Å². The minimum absolute atomic E-state index is 0.460. The molecule has 0 amide bonds. The third-order valence-electron chi connectivity index (χ3n) is 3.50. The number of benzene rings is 2. The van der Waals surface area contributed by atoms with Crippen molar-refractivity contribution in [3.8, 4) is 11.5 Å². The van der Waals surface area contributed by atoms with Gasteiger partial charge in [-0.25, -0.2) is 4.98 Å². The summed E-state index contributed by atoms with van der Waals surface area (Å²) in [6.45, 7) is 2.60. The second kappa shape index (κ2) is 8.40. The Balaban J connectivity index is 1.70. The van der Waals surface area contributed by atoms with Gasteiger partial charge in [-0.3, -0.25) is 0 Å². The van der Waals surface area contributed by atoms with Crippen LogP contribution in [0.3, 0.4) is 0 Å². The Hall–Kier alpha value is -2.99. The molecule has 0 aliphatic heterocycles. The van der Waals surface area contributed by atoms with Gasteiger partial charge < -0.3 is 20.1 Å². The van der Waals surface area contributed by atoms with Crippen molar-refractivity contribution in [2.75, 3.05) is 24.4 Å². The smallest absolute Gasteiger partial charge is 0.229 e. The third-order valence-corrected chi connectivity index (χ3v) is 3.80. The minimum atomic E-state index is 0.460. The molecule has 134 valence electrons. The van der Waals surface area contributed by atoms with Crippen LogP contribution >= 0.6 is 11.6 Å². The van der Waals surface area contributed by atoms with E-state index >= 15 is 0 Å². The lowest BCUT2D eigenvalue weighted by Gasteiger charge is -2.10. The van der Waals surface area contributed by atoms with Crippen molar-refractivity contribution in [2.45, 2.75) is 6.92 Å². The van der Waals surface area contributed by atoms with Crippen molar-refractivity contribution in [1.29, 1.82) is 0 Å². The van der Waals surface area contributed by atoms with Gasteiger partial charge in [0.2, 0.25) is 5.95 Å². The van der Waals surface area contributed by atoms with E-state index in [2.05, 4.69) is 20.6 Å². The van der Waals surface area contributed by atoms with Gasteiger partial charge in [-0.15, -0.1) is 0 Å². The van der Waals surface area contributed by atoms with Crippen LogP contribution in [-0.4, -0.2) is 23.7 Å². The van der Waals surface area contributed by atoms with Crippen LogP contribution in [-0.2, 0) is 0 Å². The van der Waals surface area contributed by atoms with Crippen molar-refractivity contribution in [1.82, 2.24) is 9.97 Å².